The van der Waals surface area contributed by atoms with E-state index >= 15 is 0 Å². The smallest absolute Gasteiger partial charge is 0.233 e. The molecular formula is C8H18N2O2. The van der Waals surface area contributed by atoms with Crippen molar-refractivity contribution in [1.82, 2.24) is 5.32 Å². The highest BCUT2D eigenvalue weighted by Crippen LogP contribution is 1.93. The van der Waals surface area contributed by atoms with Crippen LogP contribution in [0.15, 0.2) is 0 Å². The van der Waals surface area contributed by atoms with Gasteiger partial charge >= 0.3 is 0 Å². The van der Waals surface area contributed by atoms with Gasteiger partial charge in [0.2, 0.25) is 5.91 Å². The zero-order valence-corrected chi connectivity index (χ0v) is 7.80. The van der Waals surface area contributed by atoms with Crippen molar-refractivity contribution in [2.45, 2.75) is 26.4 Å². The Morgan fingerprint density at radius 1 is 1.67 bits per heavy atom. The van der Waals surface area contributed by atoms with Gasteiger partial charge in [0.25, 0.3) is 0 Å². The topological polar surface area (TPSA) is 64.3 Å². The molecule has 0 rings (SSSR count). The van der Waals surface area contributed by atoms with Crippen LogP contribution < -0.4 is 11.1 Å². The minimum absolute atomic E-state index is 0.0450. The minimum atomic E-state index is -0.136. The van der Waals surface area contributed by atoms with Crippen molar-refractivity contribution in [3.05, 3.63) is 0 Å². The van der Waals surface area contributed by atoms with E-state index in [4.69, 9.17) is 10.5 Å². The van der Waals surface area contributed by atoms with Gasteiger partial charge in [-0.15, -0.1) is 0 Å². The average molecular weight is 174 g/mol. The molecule has 0 saturated carbocycles. The van der Waals surface area contributed by atoms with Crippen LogP contribution >= 0.6 is 0 Å². The minimum Gasteiger partial charge on any atom is -0.377 e. The van der Waals surface area contributed by atoms with Crippen LogP contribution in [0.3, 0.4) is 0 Å². The zero-order valence-electron chi connectivity index (χ0n) is 7.80. The molecule has 0 bridgehead atoms. The van der Waals surface area contributed by atoms with Gasteiger partial charge in [0, 0.05) is 6.54 Å². The Kier molecular flexibility index (Phi) is 6.70. The van der Waals surface area contributed by atoms with Crippen LogP contribution in [0.5, 0.6) is 0 Å². The van der Waals surface area contributed by atoms with Crippen LogP contribution in [0.2, 0.25) is 0 Å². The van der Waals surface area contributed by atoms with Crippen molar-refractivity contribution in [1.29, 1.82) is 0 Å². The van der Waals surface area contributed by atoms with Crippen LogP contribution in [-0.4, -0.2) is 31.7 Å². The third-order valence-electron chi connectivity index (χ3n) is 1.59. The van der Waals surface area contributed by atoms with Crippen LogP contribution in [0, 0.1) is 0 Å². The number of nitrogens with two attached hydrogens (primary N) is 1. The fraction of sp³-hybridized carbons (Fsp3) is 0.875. The summed E-state index contributed by atoms with van der Waals surface area (Å²) >= 11 is 0. The average Bonchev–Trinajstić information content (AvgIpc) is 2.11. The van der Waals surface area contributed by atoms with Gasteiger partial charge in [-0.25, -0.2) is 0 Å². The summed E-state index contributed by atoms with van der Waals surface area (Å²) in [5, 5.41) is 2.62. The molecule has 0 radical (unpaired) electrons. The summed E-state index contributed by atoms with van der Waals surface area (Å²) in [7, 11) is 0. The third kappa shape index (κ3) is 6.12. The molecule has 12 heavy (non-hydrogen) atoms. The first-order valence-electron chi connectivity index (χ1n) is 4.29. The quantitative estimate of drug-likeness (QED) is 0.552. The fourth-order valence-electron chi connectivity index (χ4n) is 0.641. The number of ether oxygens (including phenoxy) is 1. The maximum Gasteiger partial charge on any atom is 0.233 e. The van der Waals surface area contributed by atoms with E-state index in [1.54, 1.807) is 0 Å². The molecule has 1 amide bonds. The molecule has 1 atom stereocenters. The second-order valence-electron chi connectivity index (χ2n) is 2.64. The summed E-state index contributed by atoms with van der Waals surface area (Å²) in [6.45, 7) is 5.21. The van der Waals surface area contributed by atoms with Crippen molar-refractivity contribution < 1.29 is 9.53 Å². The SMILES string of the molecule is CCC(C)OCCNC(=O)CN. The number of hydrogen-bond donors (Lipinski definition) is 2. The van der Waals surface area contributed by atoms with Gasteiger partial charge in [0.1, 0.15) is 0 Å². The van der Waals surface area contributed by atoms with Crippen molar-refractivity contribution in [3.8, 4) is 0 Å². The Balaban J connectivity index is 3.15. The first-order chi connectivity index (χ1) is 5.70. The van der Waals surface area contributed by atoms with Gasteiger partial charge in [0.05, 0.1) is 19.3 Å². The maximum atomic E-state index is 10.6. The van der Waals surface area contributed by atoms with Crippen molar-refractivity contribution in [2.75, 3.05) is 19.7 Å². The van der Waals surface area contributed by atoms with Crippen molar-refractivity contribution >= 4 is 5.91 Å². The Labute approximate surface area is 73.5 Å². The van der Waals surface area contributed by atoms with E-state index in [9.17, 15) is 4.79 Å². The lowest BCUT2D eigenvalue weighted by Crippen LogP contribution is -2.33. The van der Waals surface area contributed by atoms with Crippen LogP contribution in [0.4, 0.5) is 0 Å². The summed E-state index contributed by atoms with van der Waals surface area (Å²) in [6.07, 6.45) is 1.25. The summed E-state index contributed by atoms with van der Waals surface area (Å²) < 4.78 is 5.33. The molecule has 0 aromatic heterocycles. The number of carbonyl (C=O) groups is 1. The van der Waals surface area contributed by atoms with Gasteiger partial charge in [-0.1, -0.05) is 6.92 Å². The molecule has 3 N–H and O–H groups in total. The number of amides is 1. The number of hydrogen-bond acceptors (Lipinski definition) is 3. The van der Waals surface area contributed by atoms with E-state index in [0.29, 0.717) is 13.2 Å². The van der Waals surface area contributed by atoms with Gasteiger partial charge < -0.3 is 15.8 Å². The molecule has 0 aliphatic rings. The number of rotatable bonds is 6. The predicted octanol–water partition coefficient (Wildman–Crippen LogP) is -0.124. The van der Waals surface area contributed by atoms with E-state index in [2.05, 4.69) is 12.2 Å². The summed E-state index contributed by atoms with van der Waals surface area (Å²) in [5.41, 5.74) is 5.09. The molecule has 0 fully saturated rings. The third-order valence-corrected chi connectivity index (χ3v) is 1.59. The van der Waals surface area contributed by atoms with E-state index in [0.717, 1.165) is 6.42 Å². The normalized spacial score (nSPS) is 12.6. The molecule has 0 heterocycles. The molecule has 0 saturated heterocycles. The Morgan fingerprint density at radius 3 is 2.83 bits per heavy atom. The largest absolute Gasteiger partial charge is 0.377 e. The second kappa shape index (κ2) is 7.06. The van der Waals surface area contributed by atoms with Gasteiger partial charge in [-0.2, -0.15) is 0 Å². The standard InChI is InChI=1S/C8H18N2O2/c1-3-7(2)12-5-4-10-8(11)6-9/h7H,3-6,9H2,1-2H3,(H,10,11). The van der Waals surface area contributed by atoms with E-state index in [-0.39, 0.29) is 18.6 Å². The number of nitrogens with one attached hydrogen (secondary N) is 1. The molecule has 0 spiro atoms. The molecule has 4 heteroatoms. The van der Waals surface area contributed by atoms with Crippen molar-refractivity contribution in [2.24, 2.45) is 5.73 Å². The second-order valence-corrected chi connectivity index (χ2v) is 2.64. The maximum absolute atomic E-state index is 10.6. The summed E-state index contributed by atoms with van der Waals surface area (Å²) in [5.74, 6) is -0.136. The molecular weight excluding hydrogens is 156 g/mol. The van der Waals surface area contributed by atoms with Crippen LogP contribution in [-0.2, 0) is 9.53 Å². The lowest BCUT2D eigenvalue weighted by molar-refractivity contribution is -0.120. The van der Waals surface area contributed by atoms with Gasteiger partial charge in [0.15, 0.2) is 0 Å². The van der Waals surface area contributed by atoms with Gasteiger partial charge in [-0.3, -0.25) is 4.79 Å². The monoisotopic (exact) mass is 174 g/mol. The first kappa shape index (κ1) is 11.4. The zero-order chi connectivity index (χ0) is 9.40. The molecule has 72 valence electrons. The van der Waals surface area contributed by atoms with Crippen molar-refractivity contribution in [3.63, 3.8) is 0 Å². The predicted molar refractivity (Wildman–Crippen MR) is 47.8 cm³/mol. The molecule has 1 unspecified atom stereocenters. The van der Waals surface area contributed by atoms with Crippen LogP contribution in [0.25, 0.3) is 0 Å². The fourth-order valence-corrected chi connectivity index (χ4v) is 0.641. The van der Waals surface area contributed by atoms with E-state index in [1.807, 2.05) is 6.92 Å². The Bertz CT molecular complexity index is 128. The molecule has 0 aromatic rings. The highest BCUT2D eigenvalue weighted by molar-refractivity contribution is 5.77. The summed E-state index contributed by atoms with van der Waals surface area (Å²) in [6, 6.07) is 0. The molecule has 0 aliphatic heterocycles. The van der Waals surface area contributed by atoms with Gasteiger partial charge in [-0.05, 0) is 13.3 Å². The lowest BCUT2D eigenvalue weighted by atomic mass is 10.3. The number of carbonyl (C=O) groups excluding carboxylic acids is 1. The molecule has 4 nitrogen and oxygen atoms in total. The Morgan fingerprint density at radius 2 is 2.33 bits per heavy atom. The van der Waals surface area contributed by atoms with E-state index in [1.165, 1.54) is 0 Å². The highest BCUT2D eigenvalue weighted by atomic mass is 16.5. The molecule has 0 aromatic carbocycles. The molecule has 0 aliphatic carbocycles. The van der Waals surface area contributed by atoms with E-state index < -0.39 is 0 Å². The summed E-state index contributed by atoms with van der Waals surface area (Å²) in [4.78, 5) is 10.6. The highest BCUT2D eigenvalue weighted by Gasteiger charge is 1.98. The Hall–Kier alpha value is -0.610. The lowest BCUT2D eigenvalue weighted by Gasteiger charge is -2.10. The van der Waals surface area contributed by atoms with Crippen LogP contribution in [0.1, 0.15) is 20.3 Å². The first-order valence-corrected chi connectivity index (χ1v) is 4.29.